The second-order valence-corrected chi connectivity index (χ2v) is 9.14. The molecule has 1 aliphatic carbocycles. The van der Waals surface area contributed by atoms with Crippen molar-refractivity contribution in [3.05, 3.63) is 29.0 Å². The van der Waals surface area contributed by atoms with E-state index >= 15 is 0 Å². The van der Waals surface area contributed by atoms with Crippen molar-refractivity contribution in [3.8, 4) is 22.8 Å². The van der Waals surface area contributed by atoms with Gasteiger partial charge in [-0.25, -0.2) is 8.42 Å². The molecule has 1 aromatic carbocycles. The molecule has 144 valence electrons. The summed E-state index contributed by atoms with van der Waals surface area (Å²) in [7, 11) is 1.90. The van der Waals surface area contributed by atoms with Crippen LogP contribution in [0.3, 0.4) is 0 Å². The summed E-state index contributed by atoms with van der Waals surface area (Å²) in [6.45, 7) is 0. The van der Waals surface area contributed by atoms with Crippen LogP contribution in [0, 0.1) is 0 Å². The fourth-order valence-electron chi connectivity index (χ4n) is 3.90. The summed E-state index contributed by atoms with van der Waals surface area (Å²) in [5.41, 5.74) is 4.04. The number of carbonyl (C=O) groups excluding carboxylic acids is 1. The summed E-state index contributed by atoms with van der Waals surface area (Å²) in [4.78, 5) is 12.8. The second kappa shape index (κ2) is 6.26. The smallest absolute Gasteiger partial charge is 0.272 e. The maximum Gasteiger partial charge on any atom is 0.272 e. The number of hydrogen-bond acceptors (Lipinski definition) is 6. The fraction of sp³-hybridized carbons (Fsp3) is 0.444. The van der Waals surface area contributed by atoms with Gasteiger partial charge in [0.25, 0.3) is 5.91 Å². The Balaban J connectivity index is 1.67. The molecule has 2 heterocycles. The van der Waals surface area contributed by atoms with E-state index < -0.39 is 9.84 Å². The zero-order valence-corrected chi connectivity index (χ0v) is 16.2. The highest BCUT2D eigenvalue weighted by Crippen LogP contribution is 2.43. The Labute approximate surface area is 157 Å². The van der Waals surface area contributed by atoms with Gasteiger partial charge in [0.15, 0.2) is 27.0 Å². The number of nitrogens with zero attached hydrogens (tertiary/aromatic N) is 2. The van der Waals surface area contributed by atoms with E-state index in [0.29, 0.717) is 30.0 Å². The van der Waals surface area contributed by atoms with Crippen molar-refractivity contribution in [2.24, 2.45) is 7.05 Å². The minimum atomic E-state index is -3.06. The molecule has 0 radical (unpaired) electrons. The summed E-state index contributed by atoms with van der Waals surface area (Å²) in [6.07, 6.45) is 1.00. The summed E-state index contributed by atoms with van der Waals surface area (Å²) < 4.78 is 35.7. The summed E-state index contributed by atoms with van der Waals surface area (Å²) in [5.74, 6) is 1.03. The Morgan fingerprint density at radius 1 is 1.26 bits per heavy atom. The minimum Gasteiger partial charge on any atom is -0.493 e. The zero-order valence-electron chi connectivity index (χ0n) is 15.4. The summed E-state index contributed by atoms with van der Waals surface area (Å²) in [5, 5.41) is 7.21. The van der Waals surface area contributed by atoms with Crippen molar-refractivity contribution in [2.75, 3.05) is 25.7 Å². The molecule has 1 N–H and O–H groups in total. The third-order valence-electron chi connectivity index (χ3n) is 5.16. The van der Waals surface area contributed by atoms with Crippen LogP contribution in [0.1, 0.15) is 28.0 Å². The quantitative estimate of drug-likeness (QED) is 0.710. The zero-order chi connectivity index (χ0) is 19.3. The number of benzene rings is 1. The number of methoxy groups -OCH3 is 2. The van der Waals surface area contributed by atoms with Crippen LogP contribution < -0.4 is 14.8 Å². The Kier molecular flexibility index (Phi) is 4.14. The maximum atomic E-state index is 12.8. The number of amides is 1. The molecule has 1 saturated heterocycles. The topological polar surface area (TPSA) is 99.5 Å². The number of nitrogens with one attached hydrogen (secondary N) is 1. The lowest BCUT2D eigenvalue weighted by Gasteiger charge is -2.11. The van der Waals surface area contributed by atoms with Gasteiger partial charge in [0, 0.05) is 30.6 Å². The third kappa shape index (κ3) is 2.95. The Bertz CT molecular complexity index is 1040. The van der Waals surface area contributed by atoms with Crippen LogP contribution in [0.15, 0.2) is 12.1 Å². The lowest BCUT2D eigenvalue weighted by atomic mass is 10.1. The van der Waals surface area contributed by atoms with Crippen LogP contribution in [0.2, 0.25) is 0 Å². The van der Waals surface area contributed by atoms with Crippen LogP contribution in [0.4, 0.5) is 0 Å². The van der Waals surface area contributed by atoms with Gasteiger partial charge in [0.2, 0.25) is 0 Å². The van der Waals surface area contributed by atoms with Crippen molar-refractivity contribution in [1.82, 2.24) is 15.1 Å². The van der Waals surface area contributed by atoms with Gasteiger partial charge >= 0.3 is 0 Å². The van der Waals surface area contributed by atoms with Crippen LogP contribution in [-0.2, 0) is 23.3 Å². The van der Waals surface area contributed by atoms with Gasteiger partial charge in [-0.3, -0.25) is 9.48 Å². The first kappa shape index (κ1) is 17.8. The highest BCUT2D eigenvalue weighted by Gasteiger charge is 2.34. The molecule has 1 fully saturated rings. The van der Waals surface area contributed by atoms with Crippen molar-refractivity contribution in [1.29, 1.82) is 0 Å². The van der Waals surface area contributed by atoms with Gasteiger partial charge in [-0.05, 0) is 24.1 Å². The molecule has 1 amide bonds. The summed E-state index contributed by atoms with van der Waals surface area (Å²) in [6, 6.07) is 3.45. The number of ether oxygens (including phenoxy) is 2. The van der Waals surface area contributed by atoms with Crippen molar-refractivity contribution in [3.63, 3.8) is 0 Å². The molecule has 1 aromatic heterocycles. The molecule has 0 spiro atoms. The molecule has 4 rings (SSSR count). The van der Waals surface area contributed by atoms with E-state index in [1.807, 2.05) is 12.1 Å². The maximum absolute atomic E-state index is 12.8. The SMILES string of the molecule is COc1cc2c(cc1OC)-c1c(c(C(=O)N[C@H]3CCS(=O)(=O)C3)nn1C)C2. The number of sulfone groups is 1. The van der Waals surface area contributed by atoms with Gasteiger partial charge in [-0.15, -0.1) is 0 Å². The Hall–Kier alpha value is -2.55. The summed E-state index contributed by atoms with van der Waals surface area (Å²) >= 11 is 0. The molecule has 0 saturated carbocycles. The number of rotatable bonds is 4. The molecule has 1 aliphatic heterocycles. The molecule has 27 heavy (non-hydrogen) atoms. The average molecular weight is 391 g/mol. The first-order valence-electron chi connectivity index (χ1n) is 8.65. The normalized spacial score (nSPS) is 19.4. The number of aryl methyl sites for hydroxylation is 1. The minimum absolute atomic E-state index is 0.0115. The Morgan fingerprint density at radius 3 is 2.59 bits per heavy atom. The molecule has 0 bridgehead atoms. The molecule has 0 unspecified atom stereocenters. The van der Waals surface area contributed by atoms with Crippen LogP contribution >= 0.6 is 0 Å². The number of carbonyl (C=O) groups is 1. The second-order valence-electron chi connectivity index (χ2n) is 6.91. The van der Waals surface area contributed by atoms with Gasteiger partial charge in [0.1, 0.15) is 0 Å². The Morgan fingerprint density at radius 2 is 1.96 bits per heavy atom. The molecule has 1 atom stereocenters. The third-order valence-corrected chi connectivity index (χ3v) is 6.93. The molecule has 2 aromatic rings. The predicted molar refractivity (Wildman–Crippen MR) is 99.1 cm³/mol. The number of aromatic nitrogens is 2. The molecular weight excluding hydrogens is 370 g/mol. The molecular formula is C18H21N3O5S. The van der Waals surface area contributed by atoms with Crippen LogP contribution in [-0.4, -0.2) is 55.9 Å². The predicted octanol–water partition coefficient (Wildman–Crippen LogP) is 0.925. The molecule has 9 heteroatoms. The monoisotopic (exact) mass is 391 g/mol. The van der Waals surface area contributed by atoms with E-state index in [4.69, 9.17) is 9.47 Å². The lowest BCUT2D eigenvalue weighted by Crippen LogP contribution is -2.36. The highest BCUT2D eigenvalue weighted by molar-refractivity contribution is 7.91. The van der Waals surface area contributed by atoms with Crippen molar-refractivity contribution in [2.45, 2.75) is 18.9 Å². The highest BCUT2D eigenvalue weighted by atomic mass is 32.2. The van der Waals surface area contributed by atoms with Crippen LogP contribution in [0.5, 0.6) is 11.5 Å². The molecule has 8 nitrogen and oxygen atoms in total. The number of fused-ring (bicyclic) bond motifs is 3. The van der Waals surface area contributed by atoms with Crippen molar-refractivity contribution < 1.29 is 22.7 Å². The first-order chi connectivity index (χ1) is 12.8. The fourth-order valence-corrected chi connectivity index (χ4v) is 5.57. The molecule has 2 aliphatic rings. The van der Waals surface area contributed by atoms with Crippen LogP contribution in [0.25, 0.3) is 11.3 Å². The van der Waals surface area contributed by atoms with E-state index in [-0.39, 0.29) is 23.5 Å². The largest absolute Gasteiger partial charge is 0.493 e. The van der Waals surface area contributed by atoms with E-state index in [2.05, 4.69) is 10.4 Å². The van der Waals surface area contributed by atoms with Gasteiger partial charge in [-0.2, -0.15) is 5.10 Å². The lowest BCUT2D eigenvalue weighted by molar-refractivity contribution is 0.0934. The number of hydrogen-bond donors (Lipinski definition) is 1. The van der Waals surface area contributed by atoms with Crippen molar-refractivity contribution >= 4 is 15.7 Å². The van der Waals surface area contributed by atoms with E-state index in [1.165, 1.54) is 0 Å². The van der Waals surface area contributed by atoms with E-state index in [0.717, 1.165) is 22.4 Å². The van der Waals surface area contributed by atoms with Gasteiger partial charge in [0.05, 0.1) is 31.4 Å². The van der Waals surface area contributed by atoms with Gasteiger partial charge in [-0.1, -0.05) is 0 Å². The average Bonchev–Trinajstić information content (AvgIpc) is 3.26. The van der Waals surface area contributed by atoms with Gasteiger partial charge < -0.3 is 14.8 Å². The first-order valence-corrected chi connectivity index (χ1v) is 10.5. The van der Waals surface area contributed by atoms with E-state index in [9.17, 15) is 13.2 Å². The standard InChI is InChI=1S/C18H21N3O5S/c1-21-17-12-8-15(26-3)14(25-2)7-10(12)6-13(17)16(20-21)18(22)19-11-4-5-27(23,24)9-11/h7-8,11H,4-6,9H2,1-3H3,(H,19,22)/t11-/m0/s1. The van der Waals surface area contributed by atoms with E-state index in [1.54, 1.807) is 25.9 Å².